The van der Waals surface area contributed by atoms with Crippen molar-refractivity contribution in [3.63, 3.8) is 0 Å². The Hall–Kier alpha value is -0.320. The molecule has 0 radical (unpaired) electrons. The first-order valence-electron chi connectivity index (χ1n) is 7.31. The number of nitrogens with zero attached hydrogens (tertiary/aromatic N) is 2. The number of likely N-dealkylation sites (N-methyl/N-ethyl adjacent to an activating group) is 1. The second kappa shape index (κ2) is 9.56. The van der Waals surface area contributed by atoms with Crippen LogP contribution in [0.5, 0.6) is 0 Å². The summed E-state index contributed by atoms with van der Waals surface area (Å²) in [4.78, 5) is 16.6. The van der Waals surface area contributed by atoms with Gasteiger partial charge in [0, 0.05) is 13.1 Å². The molecule has 1 aliphatic heterocycles. The average molecular weight is 292 g/mol. The van der Waals surface area contributed by atoms with Crippen molar-refractivity contribution in [2.45, 2.75) is 39.7 Å². The molecule has 4 nitrogen and oxygen atoms in total. The fraction of sp³-hybridized carbons (Fsp3) is 0.929. The minimum atomic E-state index is 0. The molecule has 0 spiro atoms. The third-order valence-electron chi connectivity index (χ3n) is 4.12. The van der Waals surface area contributed by atoms with Gasteiger partial charge in [-0.2, -0.15) is 0 Å². The van der Waals surface area contributed by atoms with Crippen molar-refractivity contribution in [2.75, 3.05) is 39.8 Å². The molecule has 1 heterocycles. The van der Waals surface area contributed by atoms with Gasteiger partial charge in [-0.05, 0) is 66.2 Å². The fourth-order valence-corrected chi connectivity index (χ4v) is 2.79. The summed E-state index contributed by atoms with van der Waals surface area (Å²) in [5.74, 6) is 1.06. The zero-order valence-corrected chi connectivity index (χ0v) is 13.6. The summed E-state index contributed by atoms with van der Waals surface area (Å²) in [6, 6.07) is 0.0421. The zero-order valence-electron chi connectivity index (χ0n) is 12.8. The Bertz CT molecular complexity index is 251. The molecule has 1 aliphatic rings. The van der Waals surface area contributed by atoms with Gasteiger partial charge in [0.1, 0.15) is 0 Å². The molecule has 1 atom stereocenters. The molecule has 0 aromatic carbocycles. The first-order valence-corrected chi connectivity index (χ1v) is 7.31. The molecule has 1 amide bonds. The van der Waals surface area contributed by atoms with Crippen LogP contribution in [0.15, 0.2) is 0 Å². The van der Waals surface area contributed by atoms with Crippen LogP contribution in [0.3, 0.4) is 0 Å². The monoisotopic (exact) mass is 291 g/mol. The largest absolute Gasteiger partial charge is 0.342 e. The van der Waals surface area contributed by atoms with Crippen molar-refractivity contribution in [1.82, 2.24) is 15.1 Å². The number of amides is 1. The number of piperidine rings is 1. The Balaban J connectivity index is 0.00000324. The lowest BCUT2D eigenvalue weighted by Crippen LogP contribution is -2.50. The molecule has 0 aromatic rings. The summed E-state index contributed by atoms with van der Waals surface area (Å²) in [7, 11) is 2.01. The summed E-state index contributed by atoms with van der Waals surface area (Å²) in [6.45, 7) is 11.0. The number of hydrogen-bond acceptors (Lipinski definition) is 3. The van der Waals surface area contributed by atoms with E-state index in [1.54, 1.807) is 0 Å². The maximum atomic E-state index is 12.3. The van der Waals surface area contributed by atoms with Crippen molar-refractivity contribution in [3.8, 4) is 0 Å². The molecule has 5 heteroatoms. The SMILES string of the molecule is CCN(CC)C(=O)C(C)N1CCC(CNC)CC1.Cl. The van der Waals surface area contributed by atoms with E-state index in [0.717, 1.165) is 38.6 Å². The van der Waals surface area contributed by atoms with Gasteiger partial charge in [0.2, 0.25) is 5.91 Å². The van der Waals surface area contributed by atoms with Crippen molar-refractivity contribution in [1.29, 1.82) is 0 Å². The molecule has 0 bridgehead atoms. The molecule has 0 saturated carbocycles. The van der Waals surface area contributed by atoms with Crippen molar-refractivity contribution >= 4 is 18.3 Å². The van der Waals surface area contributed by atoms with Crippen LogP contribution in [0.2, 0.25) is 0 Å². The number of carbonyl (C=O) groups is 1. The van der Waals surface area contributed by atoms with Crippen LogP contribution in [-0.2, 0) is 4.79 Å². The molecule has 0 aromatic heterocycles. The van der Waals surface area contributed by atoms with Gasteiger partial charge in [-0.3, -0.25) is 9.69 Å². The predicted octanol–water partition coefficient (Wildman–Crippen LogP) is 1.60. The standard InChI is InChI=1S/C14H29N3O.ClH/c1-5-16(6-2)14(18)12(3)17-9-7-13(8-10-17)11-15-4;/h12-13,15H,5-11H2,1-4H3;1H. The Labute approximate surface area is 124 Å². The first kappa shape index (κ1) is 18.7. The molecule has 1 N–H and O–H groups in total. The predicted molar refractivity (Wildman–Crippen MR) is 82.9 cm³/mol. The highest BCUT2D eigenvalue weighted by atomic mass is 35.5. The number of hydrogen-bond donors (Lipinski definition) is 1. The van der Waals surface area contributed by atoms with E-state index in [-0.39, 0.29) is 24.4 Å². The van der Waals surface area contributed by atoms with Crippen LogP contribution in [0.4, 0.5) is 0 Å². The van der Waals surface area contributed by atoms with Crippen molar-refractivity contribution in [3.05, 3.63) is 0 Å². The van der Waals surface area contributed by atoms with Crippen LogP contribution in [0.25, 0.3) is 0 Å². The van der Waals surface area contributed by atoms with E-state index >= 15 is 0 Å². The Morgan fingerprint density at radius 3 is 2.26 bits per heavy atom. The minimum Gasteiger partial charge on any atom is -0.342 e. The highest BCUT2D eigenvalue weighted by Crippen LogP contribution is 2.19. The van der Waals surface area contributed by atoms with Crippen LogP contribution in [0, 0.1) is 5.92 Å². The zero-order chi connectivity index (χ0) is 13.5. The van der Waals surface area contributed by atoms with Crippen molar-refractivity contribution in [2.24, 2.45) is 5.92 Å². The smallest absolute Gasteiger partial charge is 0.239 e. The van der Waals surface area contributed by atoms with Gasteiger partial charge in [-0.15, -0.1) is 12.4 Å². The second-order valence-corrected chi connectivity index (χ2v) is 5.22. The normalized spacial score (nSPS) is 18.7. The topological polar surface area (TPSA) is 35.6 Å². The third-order valence-corrected chi connectivity index (χ3v) is 4.12. The van der Waals surface area contributed by atoms with Gasteiger partial charge < -0.3 is 10.2 Å². The molecule has 19 heavy (non-hydrogen) atoms. The van der Waals surface area contributed by atoms with Gasteiger partial charge in [-0.25, -0.2) is 0 Å². The molecule has 1 rings (SSSR count). The van der Waals surface area contributed by atoms with Crippen LogP contribution >= 0.6 is 12.4 Å². The molecule has 1 fully saturated rings. The summed E-state index contributed by atoms with van der Waals surface area (Å²) in [6.07, 6.45) is 2.41. The van der Waals surface area contributed by atoms with Crippen LogP contribution < -0.4 is 5.32 Å². The first-order chi connectivity index (χ1) is 8.63. The van der Waals surface area contributed by atoms with Gasteiger partial charge >= 0.3 is 0 Å². The van der Waals surface area contributed by atoms with Gasteiger partial charge in [-0.1, -0.05) is 0 Å². The van der Waals surface area contributed by atoms with Crippen molar-refractivity contribution < 1.29 is 4.79 Å². The van der Waals surface area contributed by atoms with E-state index in [1.807, 2.05) is 25.8 Å². The van der Waals surface area contributed by atoms with E-state index in [2.05, 4.69) is 17.1 Å². The fourth-order valence-electron chi connectivity index (χ4n) is 2.79. The Morgan fingerprint density at radius 2 is 1.84 bits per heavy atom. The minimum absolute atomic E-state index is 0. The molecule has 1 unspecified atom stereocenters. The lowest BCUT2D eigenvalue weighted by molar-refractivity contribution is -0.136. The molecule has 0 aliphatic carbocycles. The quantitative estimate of drug-likeness (QED) is 0.807. The van der Waals surface area contributed by atoms with E-state index in [0.29, 0.717) is 0 Å². The number of carbonyl (C=O) groups excluding carboxylic acids is 1. The summed E-state index contributed by atoms with van der Waals surface area (Å²) in [5, 5.41) is 3.25. The second-order valence-electron chi connectivity index (χ2n) is 5.22. The number of likely N-dealkylation sites (tertiary alicyclic amines) is 1. The molecular formula is C14H30ClN3O. The van der Waals surface area contributed by atoms with Gasteiger partial charge in [0.05, 0.1) is 6.04 Å². The maximum Gasteiger partial charge on any atom is 0.239 e. The maximum absolute atomic E-state index is 12.3. The van der Waals surface area contributed by atoms with Gasteiger partial charge in [0.15, 0.2) is 0 Å². The lowest BCUT2D eigenvalue weighted by atomic mass is 9.95. The average Bonchev–Trinajstić information content (AvgIpc) is 2.40. The third kappa shape index (κ3) is 5.28. The lowest BCUT2D eigenvalue weighted by Gasteiger charge is -2.37. The number of halogens is 1. The van der Waals surface area contributed by atoms with Gasteiger partial charge in [0.25, 0.3) is 0 Å². The Kier molecular flexibility index (Phi) is 9.40. The summed E-state index contributed by atoms with van der Waals surface area (Å²) in [5.41, 5.74) is 0. The highest BCUT2D eigenvalue weighted by Gasteiger charge is 2.28. The van der Waals surface area contributed by atoms with E-state index < -0.39 is 0 Å². The summed E-state index contributed by atoms with van der Waals surface area (Å²) < 4.78 is 0. The van der Waals surface area contributed by atoms with Crippen LogP contribution in [0.1, 0.15) is 33.6 Å². The Morgan fingerprint density at radius 1 is 1.32 bits per heavy atom. The highest BCUT2D eigenvalue weighted by molar-refractivity contribution is 5.85. The molecule has 114 valence electrons. The number of rotatable bonds is 6. The molecule has 1 saturated heterocycles. The van der Waals surface area contributed by atoms with E-state index in [1.165, 1.54) is 12.8 Å². The molecular weight excluding hydrogens is 262 g/mol. The van der Waals surface area contributed by atoms with Crippen LogP contribution in [-0.4, -0.2) is 61.5 Å². The summed E-state index contributed by atoms with van der Waals surface area (Å²) >= 11 is 0. The number of nitrogens with one attached hydrogen (secondary N) is 1. The van der Waals surface area contributed by atoms with E-state index in [9.17, 15) is 4.79 Å². The van der Waals surface area contributed by atoms with E-state index in [4.69, 9.17) is 0 Å².